The first-order valence-electron chi connectivity index (χ1n) is 9.32. The number of ether oxygens (including phenoxy) is 1. The summed E-state index contributed by atoms with van der Waals surface area (Å²) >= 11 is 0. The summed E-state index contributed by atoms with van der Waals surface area (Å²) in [4.78, 5) is 26.7. The maximum Gasteiger partial charge on any atom is 0.323 e. The van der Waals surface area contributed by atoms with E-state index in [-0.39, 0.29) is 11.9 Å². The molecule has 2 aromatic rings. The Morgan fingerprint density at radius 3 is 2.61 bits per heavy atom. The molecule has 28 heavy (non-hydrogen) atoms. The van der Waals surface area contributed by atoms with E-state index < -0.39 is 0 Å². The summed E-state index contributed by atoms with van der Waals surface area (Å²) in [5.41, 5.74) is 3.99. The van der Waals surface area contributed by atoms with Crippen LogP contribution in [-0.2, 0) is 11.3 Å². The molecule has 2 aliphatic heterocycles. The van der Waals surface area contributed by atoms with Crippen molar-refractivity contribution in [1.82, 2.24) is 10.2 Å². The number of carbonyl (C=O) groups is 2. The Kier molecular flexibility index (Phi) is 5.41. The minimum Gasteiger partial charge on any atom is -0.378 e. The van der Waals surface area contributed by atoms with E-state index in [4.69, 9.17) is 4.74 Å². The molecule has 4 N–H and O–H groups in total. The van der Waals surface area contributed by atoms with Gasteiger partial charge in [-0.1, -0.05) is 6.07 Å². The number of nitrogens with zero attached hydrogens (tertiary/aromatic N) is 1. The van der Waals surface area contributed by atoms with Crippen molar-refractivity contribution in [1.29, 1.82) is 0 Å². The van der Waals surface area contributed by atoms with Gasteiger partial charge in [-0.05, 0) is 42.0 Å². The van der Waals surface area contributed by atoms with Crippen LogP contribution < -0.4 is 21.3 Å². The average molecular weight is 381 g/mol. The number of anilines is 3. The quantitative estimate of drug-likeness (QED) is 0.654. The van der Waals surface area contributed by atoms with Crippen molar-refractivity contribution in [3.05, 3.63) is 53.6 Å². The maximum atomic E-state index is 12.6. The van der Waals surface area contributed by atoms with E-state index in [1.807, 2.05) is 18.2 Å². The summed E-state index contributed by atoms with van der Waals surface area (Å²) in [6, 6.07) is 12.4. The Morgan fingerprint density at radius 2 is 1.79 bits per heavy atom. The highest BCUT2D eigenvalue weighted by Crippen LogP contribution is 2.22. The molecule has 3 amide bonds. The molecule has 0 spiro atoms. The van der Waals surface area contributed by atoms with E-state index in [0.717, 1.165) is 24.5 Å². The third-order valence-corrected chi connectivity index (χ3v) is 4.75. The van der Waals surface area contributed by atoms with Gasteiger partial charge in [0.25, 0.3) is 5.91 Å². The minimum absolute atomic E-state index is 0.0537. The van der Waals surface area contributed by atoms with Crippen LogP contribution in [0.5, 0.6) is 0 Å². The predicted octanol–water partition coefficient (Wildman–Crippen LogP) is 2.28. The Hall–Kier alpha value is -3.10. The van der Waals surface area contributed by atoms with Gasteiger partial charge in [0, 0.05) is 42.3 Å². The van der Waals surface area contributed by atoms with Gasteiger partial charge in [-0.15, -0.1) is 0 Å². The first kappa shape index (κ1) is 18.3. The Labute approximate surface area is 163 Å². The van der Waals surface area contributed by atoms with Gasteiger partial charge in [-0.3, -0.25) is 10.1 Å². The molecule has 1 fully saturated rings. The molecule has 2 heterocycles. The number of hydrogen-bond acceptors (Lipinski definition) is 5. The van der Waals surface area contributed by atoms with Gasteiger partial charge < -0.3 is 25.6 Å². The van der Waals surface area contributed by atoms with Crippen LogP contribution in [0.2, 0.25) is 0 Å². The Balaban J connectivity index is 1.40. The normalized spacial score (nSPS) is 15.9. The number of urea groups is 1. The van der Waals surface area contributed by atoms with Crippen LogP contribution in [0.15, 0.2) is 42.5 Å². The summed E-state index contributed by atoms with van der Waals surface area (Å²) in [7, 11) is 0. The van der Waals surface area contributed by atoms with Crippen molar-refractivity contribution in [2.75, 3.05) is 48.9 Å². The fourth-order valence-electron chi connectivity index (χ4n) is 3.32. The molecule has 0 radical (unpaired) electrons. The molecule has 146 valence electrons. The van der Waals surface area contributed by atoms with Gasteiger partial charge in [0.15, 0.2) is 0 Å². The third kappa shape index (κ3) is 4.24. The zero-order chi connectivity index (χ0) is 19.3. The van der Waals surface area contributed by atoms with Gasteiger partial charge in [0.2, 0.25) is 0 Å². The predicted molar refractivity (Wildman–Crippen MR) is 108 cm³/mol. The van der Waals surface area contributed by atoms with E-state index in [2.05, 4.69) is 21.3 Å². The van der Waals surface area contributed by atoms with Gasteiger partial charge in [-0.2, -0.15) is 0 Å². The number of carbonyl (C=O) groups excluding carboxylic acids is 2. The first-order valence-corrected chi connectivity index (χ1v) is 9.32. The summed E-state index contributed by atoms with van der Waals surface area (Å²) < 4.78 is 5.29. The molecule has 4 rings (SSSR count). The molecular weight excluding hydrogens is 358 g/mol. The number of morpholine rings is 1. The zero-order valence-electron chi connectivity index (χ0n) is 15.5. The molecule has 0 atom stereocenters. The van der Waals surface area contributed by atoms with E-state index in [1.54, 1.807) is 29.2 Å². The van der Waals surface area contributed by atoms with Crippen LogP contribution >= 0.6 is 0 Å². The molecule has 0 saturated carbocycles. The average Bonchev–Trinajstić information content (AvgIpc) is 2.74. The Morgan fingerprint density at radius 1 is 1.00 bits per heavy atom. The maximum absolute atomic E-state index is 12.6. The first-order chi connectivity index (χ1) is 13.7. The van der Waals surface area contributed by atoms with Crippen LogP contribution in [0.4, 0.5) is 21.9 Å². The molecule has 8 heteroatoms. The lowest BCUT2D eigenvalue weighted by molar-refractivity contribution is 0.0303. The third-order valence-electron chi connectivity index (χ3n) is 4.75. The van der Waals surface area contributed by atoms with Crippen LogP contribution in [0.25, 0.3) is 0 Å². The molecule has 8 nitrogen and oxygen atoms in total. The zero-order valence-corrected chi connectivity index (χ0v) is 15.5. The molecule has 1 saturated heterocycles. The van der Waals surface area contributed by atoms with Crippen molar-refractivity contribution in [2.24, 2.45) is 0 Å². The van der Waals surface area contributed by atoms with E-state index >= 15 is 0 Å². The molecule has 0 aromatic heterocycles. The highest BCUT2D eigenvalue weighted by Gasteiger charge is 2.19. The number of nitrogens with one attached hydrogen (secondary N) is 4. The topological polar surface area (TPSA) is 94.7 Å². The number of rotatable bonds is 3. The second kappa shape index (κ2) is 8.28. The summed E-state index contributed by atoms with van der Waals surface area (Å²) in [6.07, 6.45) is 0. The molecule has 0 unspecified atom stereocenters. The molecule has 0 bridgehead atoms. The van der Waals surface area contributed by atoms with E-state index in [0.29, 0.717) is 43.2 Å². The highest BCUT2D eigenvalue weighted by atomic mass is 16.5. The molecular formula is C20H23N5O3. The second-order valence-electron chi connectivity index (χ2n) is 6.72. The van der Waals surface area contributed by atoms with E-state index in [9.17, 15) is 9.59 Å². The fraction of sp³-hybridized carbons (Fsp3) is 0.300. The van der Waals surface area contributed by atoms with Crippen LogP contribution in [0.1, 0.15) is 15.9 Å². The van der Waals surface area contributed by atoms with Gasteiger partial charge >= 0.3 is 6.03 Å². The summed E-state index contributed by atoms with van der Waals surface area (Å²) in [5, 5.41) is 12.1. The number of fused-ring (bicyclic) bond motifs is 1. The van der Waals surface area contributed by atoms with Crippen molar-refractivity contribution in [3.63, 3.8) is 0 Å². The fourth-order valence-corrected chi connectivity index (χ4v) is 3.32. The van der Waals surface area contributed by atoms with Gasteiger partial charge in [0.05, 0.1) is 19.9 Å². The van der Waals surface area contributed by atoms with Crippen LogP contribution in [-0.4, -0.2) is 49.8 Å². The van der Waals surface area contributed by atoms with Gasteiger partial charge in [0.1, 0.15) is 0 Å². The lowest BCUT2D eigenvalue weighted by Gasteiger charge is -2.27. The molecule has 2 aromatic carbocycles. The lowest BCUT2D eigenvalue weighted by atomic mass is 10.1. The van der Waals surface area contributed by atoms with Crippen molar-refractivity contribution in [2.45, 2.75) is 6.54 Å². The van der Waals surface area contributed by atoms with Crippen molar-refractivity contribution in [3.8, 4) is 0 Å². The van der Waals surface area contributed by atoms with Crippen LogP contribution in [0.3, 0.4) is 0 Å². The molecule has 2 aliphatic rings. The summed E-state index contributed by atoms with van der Waals surface area (Å²) in [5.74, 6) is -0.0537. The standard InChI is InChI=1S/C20H23N5O3/c26-19(25-6-8-28-9-7-25)14-2-1-3-16(10-14)23-20(27)24-17-4-5-18-15(11-17)12-21-13-22-18/h1-5,10-11,21-22H,6-9,12-13H2,(H2,23,24,27). The monoisotopic (exact) mass is 381 g/mol. The van der Waals surface area contributed by atoms with Crippen LogP contribution in [0, 0.1) is 0 Å². The van der Waals surface area contributed by atoms with E-state index in [1.165, 1.54) is 0 Å². The van der Waals surface area contributed by atoms with Crippen molar-refractivity contribution >= 4 is 29.0 Å². The minimum atomic E-state index is -0.354. The lowest BCUT2D eigenvalue weighted by Crippen LogP contribution is -2.40. The smallest absolute Gasteiger partial charge is 0.323 e. The Bertz CT molecular complexity index is 880. The van der Waals surface area contributed by atoms with Gasteiger partial charge in [-0.25, -0.2) is 4.79 Å². The van der Waals surface area contributed by atoms with Crippen molar-refractivity contribution < 1.29 is 14.3 Å². The largest absolute Gasteiger partial charge is 0.378 e. The highest BCUT2D eigenvalue weighted by molar-refractivity contribution is 6.01. The molecule has 0 aliphatic carbocycles. The second-order valence-corrected chi connectivity index (χ2v) is 6.72. The number of amides is 3. The number of hydrogen-bond donors (Lipinski definition) is 4. The SMILES string of the molecule is O=C(Nc1cccc(C(=O)N2CCOCC2)c1)Nc1ccc2c(c1)CNCN2. The summed E-state index contributed by atoms with van der Waals surface area (Å²) in [6.45, 7) is 3.76. The number of benzene rings is 2.